The summed E-state index contributed by atoms with van der Waals surface area (Å²) in [7, 11) is 1.70. The van der Waals surface area contributed by atoms with Gasteiger partial charge in [-0.2, -0.15) is 0 Å². The van der Waals surface area contributed by atoms with Crippen molar-refractivity contribution in [1.29, 1.82) is 0 Å². The summed E-state index contributed by atoms with van der Waals surface area (Å²) in [5.74, 6) is 0.841. The van der Waals surface area contributed by atoms with Crippen LogP contribution in [-0.4, -0.2) is 35.3 Å². The largest absolute Gasteiger partial charge is 0.496 e. The lowest BCUT2D eigenvalue weighted by atomic mass is 10.1. The maximum atomic E-state index is 11.8. The number of amides is 1. The summed E-state index contributed by atoms with van der Waals surface area (Å²) < 4.78 is 10.6. The number of hydrogen-bond acceptors (Lipinski definition) is 5. The SMILES string of the molecule is CC.CC1CCC(C(=O)Nc2ccc(CO)nc2)O1.COc1cccc(C)c1C. The third-order valence-electron chi connectivity index (χ3n) is 4.55. The Morgan fingerprint density at radius 1 is 1.24 bits per heavy atom. The summed E-state index contributed by atoms with van der Waals surface area (Å²) in [5.41, 5.74) is 3.70. The molecule has 2 unspecified atom stereocenters. The summed E-state index contributed by atoms with van der Waals surface area (Å²) in [6.45, 7) is 10.0. The lowest BCUT2D eigenvalue weighted by Crippen LogP contribution is -2.27. The number of aromatic nitrogens is 1. The highest BCUT2D eigenvalue weighted by molar-refractivity contribution is 5.94. The molecule has 2 aromatic rings. The van der Waals surface area contributed by atoms with Crippen molar-refractivity contribution in [1.82, 2.24) is 4.98 Å². The van der Waals surface area contributed by atoms with Crippen molar-refractivity contribution in [3.05, 3.63) is 53.3 Å². The van der Waals surface area contributed by atoms with Gasteiger partial charge in [-0.05, 0) is 62.9 Å². The van der Waals surface area contributed by atoms with Crippen molar-refractivity contribution in [3.63, 3.8) is 0 Å². The van der Waals surface area contributed by atoms with Crippen LogP contribution in [0.2, 0.25) is 0 Å². The quantitative estimate of drug-likeness (QED) is 0.791. The van der Waals surface area contributed by atoms with Crippen LogP contribution in [0.4, 0.5) is 5.69 Å². The molecule has 0 aliphatic carbocycles. The maximum Gasteiger partial charge on any atom is 0.253 e. The molecule has 6 heteroatoms. The molecule has 0 spiro atoms. The first-order chi connectivity index (χ1) is 13.9. The molecule has 3 rings (SSSR count). The molecule has 2 atom stereocenters. The molecule has 1 amide bonds. The van der Waals surface area contributed by atoms with Crippen molar-refractivity contribution < 1.29 is 19.4 Å². The van der Waals surface area contributed by atoms with Crippen LogP contribution >= 0.6 is 0 Å². The van der Waals surface area contributed by atoms with Gasteiger partial charge < -0.3 is 19.9 Å². The summed E-state index contributed by atoms with van der Waals surface area (Å²) in [6, 6.07) is 9.45. The molecule has 1 aromatic carbocycles. The highest BCUT2D eigenvalue weighted by Crippen LogP contribution is 2.21. The van der Waals surface area contributed by atoms with Gasteiger partial charge in [0.1, 0.15) is 11.9 Å². The summed E-state index contributed by atoms with van der Waals surface area (Å²) in [5, 5.41) is 11.6. The minimum Gasteiger partial charge on any atom is -0.496 e. The lowest BCUT2D eigenvalue weighted by Gasteiger charge is -2.11. The molecule has 1 aliphatic heterocycles. The number of anilines is 1. The molecule has 2 N–H and O–H groups in total. The van der Waals surface area contributed by atoms with Crippen molar-refractivity contribution in [3.8, 4) is 5.75 Å². The predicted molar refractivity (Wildman–Crippen MR) is 116 cm³/mol. The van der Waals surface area contributed by atoms with Crippen LogP contribution in [0.3, 0.4) is 0 Å². The standard InChI is InChI=1S/C12H16N2O3.C9H12O.C2H6/c1-8-2-5-11(17-8)12(16)14-9-3-4-10(7-15)13-6-9;1-7-5-4-6-9(10-3)8(7)2;1-2/h3-4,6,8,11,15H,2,5,7H2,1H3,(H,14,16);4-6H,1-3H3;1-2H3. The lowest BCUT2D eigenvalue weighted by molar-refractivity contribution is -0.126. The number of aliphatic hydroxyl groups excluding tert-OH is 1. The number of methoxy groups -OCH3 is 1. The zero-order valence-electron chi connectivity index (χ0n) is 18.4. The van der Waals surface area contributed by atoms with Crippen LogP contribution in [0.1, 0.15) is 50.4 Å². The Kier molecular flexibility index (Phi) is 10.9. The monoisotopic (exact) mass is 402 g/mol. The molecule has 1 saturated heterocycles. The number of ether oxygens (including phenoxy) is 2. The fourth-order valence-corrected chi connectivity index (χ4v) is 2.76. The average molecular weight is 403 g/mol. The van der Waals surface area contributed by atoms with E-state index < -0.39 is 0 Å². The zero-order valence-corrected chi connectivity index (χ0v) is 18.4. The Balaban J connectivity index is 0.000000299. The fourth-order valence-electron chi connectivity index (χ4n) is 2.76. The van der Waals surface area contributed by atoms with Gasteiger partial charge in [0.2, 0.25) is 0 Å². The van der Waals surface area contributed by atoms with E-state index in [1.165, 1.54) is 17.3 Å². The topological polar surface area (TPSA) is 80.7 Å². The van der Waals surface area contributed by atoms with Crippen LogP contribution in [0.5, 0.6) is 5.75 Å². The van der Waals surface area contributed by atoms with Crippen molar-refractivity contribution in [2.24, 2.45) is 0 Å². The van der Waals surface area contributed by atoms with Gasteiger partial charge in [0.05, 0.1) is 37.4 Å². The molecule has 6 nitrogen and oxygen atoms in total. The Morgan fingerprint density at radius 2 is 1.97 bits per heavy atom. The third kappa shape index (κ3) is 7.83. The van der Waals surface area contributed by atoms with Crippen LogP contribution < -0.4 is 10.1 Å². The van der Waals surface area contributed by atoms with E-state index in [0.717, 1.165) is 18.6 Å². The number of carbonyl (C=O) groups excluding carboxylic acids is 1. The molecule has 2 heterocycles. The van der Waals surface area contributed by atoms with Gasteiger partial charge in [-0.25, -0.2) is 0 Å². The number of pyridine rings is 1. The van der Waals surface area contributed by atoms with E-state index in [4.69, 9.17) is 14.6 Å². The number of nitrogens with zero attached hydrogens (tertiary/aromatic N) is 1. The highest BCUT2D eigenvalue weighted by Gasteiger charge is 2.28. The maximum absolute atomic E-state index is 11.8. The van der Waals surface area contributed by atoms with E-state index in [1.807, 2.05) is 32.9 Å². The predicted octanol–water partition coefficient (Wildman–Crippen LogP) is 4.42. The molecule has 1 aliphatic rings. The smallest absolute Gasteiger partial charge is 0.253 e. The van der Waals surface area contributed by atoms with Gasteiger partial charge in [-0.15, -0.1) is 0 Å². The van der Waals surface area contributed by atoms with Crippen LogP contribution in [0.25, 0.3) is 0 Å². The molecule has 0 radical (unpaired) electrons. The minimum atomic E-state index is -0.359. The van der Waals surface area contributed by atoms with Crippen LogP contribution in [0, 0.1) is 13.8 Å². The van der Waals surface area contributed by atoms with E-state index in [2.05, 4.69) is 30.2 Å². The van der Waals surface area contributed by atoms with Gasteiger partial charge in [0.25, 0.3) is 5.91 Å². The number of hydrogen-bond donors (Lipinski definition) is 2. The Bertz CT molecular complexity index is 747. The van der Waals surface area contributed by atoms with Gasteiger partial charge in [-0.1, -0.05) is 26.0 Å². The number of benzene rings is 1. The molecular weight excluding hydrogens is 368 g/mol. The second kappa shape index (κ2) is 12.9. The Labute approximate surface area is 174 Å². The molecule has 0 bridgehead atoms. The van der Waals surface area contributed by atoms with E-state index >= 15 is 0 Å². The second-order valence-electron chi connectivity index (χ2n) is 6.60. The van der Waals surface area contributed by atoms with Crippen molar-refractivity contribution in [2.45, 2.75) is 66.3 Å². The highest BCUT2D eigenvalue weighted by atomic mass is 16.5. The van der Waals surface area contributed by atoms with Crippen molar-refractivity contribution in [2.75, 3.05) is 12.4 Å². The zero-order chi connectivity index (χ0) is 21.8. The average Bonchev–Trinajstić information content (AvgIpc) is 3.19. The minimum absolute atomic E-state index is 0.0997. The van der Waals surface area contributed by atoms with Crippen LogP contribution in [-0.2, 0) is 16.1 Å². The molecule has 1 aromatic heterocycles. The summed E-state index contributed by atoms with van der Waals surface area (Å²) in [4.78, 5) is 15.8. The molecular formula is C23H34N2O4. The normalized spacial score (nSPS) is 17.3. The van der Waals surface area contributed by atoms with Crippen molar-refractivity contribution >= 4 is 11.6 Å². The van der Waals surface area contributed by atoms with Gasteiger partial charge in [-0.3, -0.25) is 9.78 Å². The van der Waals surface area contributed by atoms with E-state index in [1.54, 1.807) is 19.2 Å². The van der Waals surface area contributed by atoms with E-state index in [0.29, 0.717) is 11.4 Å². The van der Waals surface area contributed by atoms with Gasteiger partial charge in [0.15, 0.2) is 0 Å². The fraction of sp³-hybridized carbons (Fsp3) is 0.478. The molecule has 29 heavy (non-hydrogen) atoms. The second-order valence-corrected chi connectivity index (χ2v) is 6.60. The number of aryl methyl sites for hydroxylation is 1. The number of carbonyl (C=O) groups is 1. The van der Waals surface area contributed by atoms with Crippen LogP contribution in [0.15, 0.2) is 36.5 Å². The Hall–Kier alpha value is -2.44. The first-order valence-corrected chi connectivity index (χ1v) is 10.1. The van der Waals surface area contributed by atoms with Gasteiger partial charge >= 0.3 is 0 Å². The Morgan fingerprint density at radius 3 is 2.45 bits per heavy atom. The first-order valence-electron chi connectivity index (χ1n) is 10.1. The summed E-state index contributed by atoms with van der Waals surface area (Å²) in [6.07, 6.45) is 3.00. The third-order valence-corrected chi connectivity index (χ3v) is 4.55. The number of nitrogens with one attached hydrogen (secondary N) is 1. The molecule has 160 valence electrons. The first kappa shape index (κ1) is 24.6. The number of rotatable bonds is 4. The molecule has 0 saturated carbocycles. The van der Waals surface area contributed by atoms with Gasteiger partial charge in [0, 0.05) is 0 Å². The number of aliphatic hydroxyl groups is 1. The summed E-state index contributed by atoms with van der Waals surface area (Å²) >= 11 is 0. The van der Waals surface area contributed by atoms with E-state index in [-0.39, 0.29) is 24.7 Å². The molecule has 1 fully saturated rings. The van der Waals surface area contributed by atoms with E-state index in [9.17, 15) is 4.79 Å².